The summed E-state index contributed by atoms with van der Waals surface area (Å²) < 4.78 is 75.1. The van der Waals surface area contributed by atoms with E-state index in [1.165, 1.54) is 49.5 Å². The van der Waals surface area contributed by atoms with Gasteiger partial charge in [-0.3, -0.25) is 0 Å². The van der Waals surface area contributed by atoms with Crippen molar-refractivity contribution in [3.63, 3.8) is 0 Å². The molecule has 0 radical (unpaired) electrons. The van der Waals surface area contributed by atoms with Gasteiger partial charge in [0, 0.05) is 11.6 Å². The molecule has 4 aromatic rings. The van der Waals surface area contributed by atoms with Crippen LogP contribution in [0.25, 0.3) is 22.3 Å². The van der Waals surface area contributed by atoms with E-state index in [2.05, 4.69) is 29.9 Å². The minimum absolute atomic E-state index is 0.0197. The summed E-state index contributed by atoms with van der Waals surface area (Å²) in [5, 5.41) is 10.1. The quantitative estimate of drug-likeness (QED) is 0.356. The van der Waals surface area contributed by atoms with Crippen LogP contribution >= 0.6 is 0 Å². The summed E-state index contributed by atoms with van der Waals surface area (Å²) in [6.45, 7) is -0.295. The van der Waals surface area contributed by atoms with Gasteiger partial charge in [-0.2, -0.15) is 10.3 Å². The van der Waals surface area contributed by atoms with Gasteiger partial charge in [-0.05, 0) is 36.4 Å². The Morgan fingerprint density at radius 2 is 1.74 bits per heavy atom. The van der Waals surface area contributed by atoms with Crippen molar-refractivity contribution in [2.45, 2.75) is 17.9 Å². The molecule has 4 rings (SSSR count). The topological polar surface area (TPSA) is 145 Å². The molecule has 0 spiro atoms. The molecule has 34 heavy (non-hydrogen) atoms. The van der Waals surface area contributed by atoms with E-state index in [-0.39, 0.29) is 39.8 Å². The number of hydrogen-bond acceptors (Lipinski definition) is 8. The third-order valence-electron chi connectivity index (χ3n) is 4.72. The minimum Gasteiger partial charge on any atom is -0.486 e. The summed E-state index contributed by atoms with van der Waals surface area (Å²) in [6.07, 6.45) is -4.95. The molecule has 0 bridgehead atoms. The van der Waals surface area contributed by atoms with Crippen molar-refractivity contribution < 1.29 is 31.1 Å². The van der Waals surface area contributed by atoms with Gasteiger partial charge in [-0.25, -0.2) is 18.1 Å². The van der Waals surface area contributed by atoms with Crippen LogP contribution in [0.5, 0.6) is 11.5 Å². The average Bonchev–Trinajstić information content (AvgIpc) is 3.25. The third-order valence-corrected chi connectivity index (χ3v) is 6.15. The molecule has 10 nitrogen and oxygen atoms in total. The molecule has 0 fully saturated rings. The lowest BCUT2D eigenvalue weighted by Crippen LogP contribution is -2.18. The highest BCUT2D eigenvalue weighted by Crippen LogP contribution is 2.33. The lowest BCUT2D eigenvalue weighted by atomic mass is 10.0. The molecule has 2 aromatic carbocycles. The van der Waals surface area contributed by atoms with E-state index in [1.807, 2.05) is 0 Å². The van der Waals surface area contributed by atoms with Crippen LogP contribution in [0.15, 0.2) is 53.4 Å². The van der Waals surface area contributed by atoms with Gasteiger partial charge in [0.2, 0.25) is 15.7 Å². The van der Waals surface area contributed by atoms with Crippen molar-refractivity contribution >= 4 is 27.0 Å². The second-order valence-corrected chi connectivity index (χ2v) is 8.82. The van der Waals surface area contributed by atoms with E-state index in [9.17, 15) is 21.6 Å². The van der Waals surface area contributed by atoms with Crippen LogP contribution in [-0.2, 0) is 16.6 Å². The van der Waals surface area contributed by atoms with Gasteiger partial charge >= 0.3 is 6.36 Å². The summed E-state index contributed by atoms with van der Waals surface area (Å²) >= 11 is 0. The molecule has 0 aliphatic rings. The molecule has 4 N–H and O–H groups in total. The second kappa shape index (κ2) is 8.79. The normalized spacial score (nSPS) is 12.1. The molecule has 0 aliphatic heterocycles. The van der Waals surface area contributed by atoms with E-state index >= 15 is 0 Å². The number of nitrogen functional groups attached to an aromatic ring is 1. The number of rotatable bonds is 7. The van der Waals surface area contributed by atoms with Gasteiger partial charge in [0.25, 0.3) is 0 Å². The zero-order valence-electron chi connectivity index (χ0n) is 17.4. The fourth-order valence-corrected chi connectivity index (χ4v) is 3.84. The average molecular weight is 494 g/mol. The first-order valence-electron chi connectivity index (χ1n) is 9.58. The third kappa shape index (κ3) is 5.02. The van der Waals surface area contributed by atoms with Crippen LogP contribution in [-0.4, -0.2) is 42.2 Å². The standard InChI is InChI=1S/C20H17F3N6O4S/c1-25-34(30,31)14-6-4-11(5-7-14)12-2-3-13(15(8-12)33-20(21,22)23)10-32-16-9-17(24)26-19-18(16)27-29-28-19/h2-9,25H,10H2,1H3,(H3,24,26,27,28,29). The number of nitrogens with zero attached hydrogens (tertiary/aromatic N) is 3. The Hall–Kier alpha value is -3.91. The molecule has 2 heterocycles. The number of aromatic amines is 1. The van der Waals surface area contributed by atoms with E-state index in [4.69, 9.17) is 10.5 Å². The number of anilines is 1. The van der Waals surface area contributed by atoms with Gasteiger partial charge in [0.15, 0.2) is 11.3 Å². The molecule has 178 valence electrons. The van der Waals surface area contributed by atoms with Crippen LogP contribution in [0.4, 0.5) is 19.0 Å². The lowest BCUT2D eigenvalue weighted by Gasteiger charge is -2.16. The number of fused-ring (bicyclic) bond motifs is 1. The Kier molecular flexibility index (Phi) is 6.01. The summed E-state index contributed by atoms with van der Waals surface area (Å²) in [6, 6.07) is 11.2. The van der Waals surface area contributed by atoms with Crippen molar-refractivity contribution in [3.8, 4) is 22.6 Å². The number of halogens is 3. The van der Waals surface area contributed by atoms with Crippen molar-refractivity contribution in [2.75, 3.05) is 12.8 Å². The number of hydrogen-bond donors (Lipinski definition) is 3. The number of benzene rings is 2. The van der Waals surface area contributed by atoms with Gasteiger partial charge in [0.05, 0.1) is 4.90 Å². The van der Waals surface area contributed by atoms with E-state index in [1.54, 1.807) is 6.07 Å². The second-order valence-electron chi connectivity index (χ2n) is 6.93. The minimum atomic E-state index is -4.95. The number of nitrogens with two attached hydrogens (primary N) is 1. The highest BCUT2D eigenvalue weighted by atomic mass is 32.2. The first kappa shape index (κ1) is 23.3. The number of ether oxygens (including phenoxy) is 2. The molecule has 0 amide bonds. The Balaban J connectivity index is 1.65. The Morgan fingerprint density at radius 1 is 1.03 bits per heavy atom. The lowest BCUT2D eigenvalue weighted by molar-refractivity contribution is -0.275. The van der Waals surface area contributed by atoms with Crippen LogP contribution < -0.4 is 19.9 Å². The molecule has 14 heteroatoms. The summed E-state index contributed by atoms with van der Waals surface area (Å²) in [5.41, 5.74) is 7.13. The van der Waals surface area contributed by atoms with Crippen molar-refractivity contribution in [1.82, 2.24) is 25.1 Å². The summed E-state index contributed by atoms with van der Waals surface area (Å²) in [5.74, 6) is -0.197. The van der Waals surface area contributed by atoms with E-state index in [0.29, 0.717) is 11.1 Å². The molecule has 0 unspecified atom stereocenters. The van der Waals surface area contributed by atoms with Crippen molar-refractivity contribution in [2.24, 2.45) is 0 Å². The van der Waals surface area contributed by atoms with Crippen LogP contribution in [0.1, 0.15) is 5.56 Å². The van der Waals surface area contributed by atoms with Crippen LogP contribution in [0.3, 0.4) is 0 Å². The van der Waals surface area contributed by atoms with E-state index < -0.39 is 22.1 Å². The predicted molar refractivity (Wildman–Crippen MR) is 115 cm³/mol. The molecule has 2 aromatic heterocycles. The Labute approximate surface area is 191 Å². The van der Waals surface area contributed by atoms with Crippen LogP contribution in [0, 0.1) is 0 Å². The smallest absolute Gasteiger partial charge is 0.486 e. The zero-order valence-corrected chi connectivity index (χ0v) is 18.2. The summed E-state index contributed by atoms with van der Waals surface area (Å²) in [4.78, 5) is 3.99. The monoisotopic (exact) mass is 494 g/mol. The molecular formula is C20H17F3N6O4S. The SMILES string of the molecule is CNS(=O)(=O)c1ccc(-c2ccc(COc3cc(N)nc4n[nH]nc34)c(OC(F)(F)F)c2)cc1. The number of pyridine rings is 1. The largest absolute Gasteiger partial charge is 0.573 e. The number of sulfonamides is 1. The Bertz CT molecular complexity index is 1440. The van der Waals surface area contributed by atoms with Gasteiger partial charge < -0.3 is 15.2 Å². The molecular weight excluding hydrogens is 477 g/mol. The first-order valence-corrected chi connectivity index (χ1v) is 11.1. The highest BCUT2D eigenvalue weighted by Gasteiger charge is 2.32. The number of H-pyrrole nitrogens is 1. The molecule has 0 saturated carbocycles. The van der Waals surface area contributed by atoms with Crippen molar-refractivity contribution in [1.29, 1.82) is 0 Å². The number of nitrogens with one attached hydrogen (secondary N) is 2. The fourth-order valence-electron chi connectivity index (χ4n) is 3.11. The Morgan fingerprint density at radius 3 is 2.41 bits per heavy atom. The summed E-state index contributed by atoms with van der Waals surface area (Å²) in [7, 11) is -2.37. The fraction of sp³-hybridized carbons (Fsp3) is 0.150. The van der Waals surface area contributed by atoms with Crippen LogP contribution in [0.2, 0.25) is 0 Å². The maximum atomic E-state index is 13.1. The maximum Gasteiger partial charge on any atom is 0.573 e. The zero-order chi connectivity index (χ0) is 24.5. The molecule has 0 saturated heterocycles. The first-order chi connectivity index (χ1) is 16.1. The molecule has 0 atom stereocenters. The van der Waals surface area contributed by atoms with Gasteiger partial charge in [0.1, 0.15) is 18.2 Å². The molecule has 0 aliphatic carbocycles. The predicted octanol–water partition coefficient (Wildman–Crippen LogP) is 2.99. The highest BCUT2D eigenvalue weighted by molar-refractivity contribution is 7.89. The maximum absolute atomic E-state index is 13.1. The van der Waals surface area contributed by atoms with Gasteiger partial charge in [-0.15, -0.1) is 18.3 Å². The van der Waals surface area contributed by atoms with Gasteiger partial charge in [-0.1, -0.05) is 24.3 Å². The van der Waals surface area contributed by atoms with E-state index in [0.717, 1.165) is 0 Å². The number of aromatic nitrogens is 4. The van der Waals surface area contributed by atoms with Crippen molar-refractivity contribution in [3.05, 3.63) is 54.1 Å². The number of alkyl halides is 3.